The molecule has 0 radical (unpaired) electrons. The number of methoxy groups -OCH3 is 1. The first-order chi connectivity index (χ1) is 13.3. The second-order valence-electron chi connectivity index (χ2n) is 6.40. The van der Waals surface area contributed by atoms with Crippen molar-refractivity contribution in [2.45, 2.75) is 6.92 Å². The van der Waals surface area contributed by atoms with Crippen LogP contribution in [0, 0.1) is 0 Å². The summed E-state index contributed by atoms with van der Waals surface area (Å²) in [5.74, 6) is -0.780. The Labute approximate surface area is 161 Å². The molecule has 0 saturated heterocycles. The molecule has 0 bridgehead atoms. The van der Waals surface area contributed by atoms with E-state index < -0.39 is 17.2 Å². The van der Waals surface area contributed by atoms with E-state index >= 15 is 0 Å². The van der Waals surface area contributed by atoms with Crippen molar-refractivity contribution in [2.75, 3.05) is 13.7 Å². The van der Waals surface area contributed by atoms with Crippen molar-refractivity contribution in [3.8, 4) is 22.6 Å². The highest BCUT2D eigenvalue weighted by molar-refractivity contribution is 6.04. The Balaban J connectivity index is 2.18. The minimum Gasteiger partial charge on any atom is -0.506 e. The van der Waals surface area contributed by atoms with Gasteiger partial charge in [0.15, 0.2) is 0 Å². The Kier molecular flexibility index (Phi) is 5.17. The van der Waals surface area contributed by atoms with Gasteiger partial charge in [0.25, 0.3) is 11.5 Å². The molecule has 7 nitrogen and oxygen atoms in total. The van der Waals surface area contributed by atoms with Crippen LogP contribution in [0.5, 0.6) is 11.5 Å². The number of aryl methyl sites for hydroxylation is 1. The van der Waals surface area contributed by atoms with Gasteiger partial charge in [-0.15, -0.1) is 0 Å². The lowest BCUT2D eigenvalue weighted by Gasteiger charge is -2.14. The molecule has 0 aliphatic carbocycles. The molecule has 0 aliphatic rings. The van der Waals surface area contributed by atoms with Crippen LogP contribution in [0.15, 0.2) is 47.3 Å². The van der Waals surface area contributed by atoms with Gasteiger partial charge >= 0.3 is 0 Å². The van der Waals surface area contributed by atoms with Crippen LogP contribution < -0.4 is 15.6 Å². The van der Waals surface area contributed by atoms with Crippen LogP contribution in [-0.2, 0) is 11.8 Å². The van der Waals surface area contributed by atoms with Crippen LogP contribution in [0.25, 0.3) is 22.0 Å². The summed E-state index contributed by atoms with van der Waals surface area (Å²) >= 11 is 0. The van der Waals surface area contributed by atoms with E-state index in [1.165, 1.54) is 18.5 Å². The number of para-hydroxylation sites is 1. The quantitative estimate of drug-likeness (QED) is 0.707. The number of rotatable bonds is 5. The number of carbonyl (C=O) groups is 2. The van der Waals surface area contributed by atoms with E-state index in [1.54, 1.807) is 25.3 Å². The topological polar surface area (TPSA) is 97.6 Å². The number of aromatic hydroxyl groups is 1. The number of Topliss-reactive ketones (excluding diaryl/α,β-unsaturated/α-hetero) is 1. The molecule has 1 aromatic heterocycles. The Morgan fingerprint density at radius 2 is 1.89 bits per heavy atom. The van der Waals surface area contributed by atoms with Crippen molar-refractivity contribution < 1.29 is 19.4 Å². The van der Waals surface area contributed by atoms with Crippen LogP contribution in [0.4, 0.5) is 0 Å². The van der Waals surface area contributed by atoms with Crippen molar-refractivity contribution in [1.82, 2.24) is 9.88 Å². The highest BCUT2D eigenvalue weighted by atomic mass is 16.5. The van der Waals surface area contributed by atoms with Crippen molar-refractivity contribution in [3.05, 3.63) is 58.4 Å². The van der Waals surface area contributed by atoms with E-state index in [4.69, 9.17) is 4.74 Å². The number of ketones is 1. The number of carbonyl (C=O) groups excluding carboxylic acids is 2. The highest BCUT2D eigenvalue weighted by Crippen LogP contribution is 2.34. The second-order valence-corrected chi connectivity index (χ2v) is 6.40. The van der Waals surface area contributed by atoms with Crippen LogP contribution >= 0.6 is 0 Å². The fourth-order valence-electron chi connectivity index (χ4n) is 3.07. The molecule has 0 saturated carbocycles. The summed E-state index contributed by atoms with van der Waals surface area (Å²) in [6.07, 6.45) is 0. The van der Waals surface area contributed by atoms with E-state index in [-0.39, 0.29) is 17.9 Å². The number of nitrogens with zero attached hydrogens (tertiary/aromatic N) is 1. The predicted molar refractivity (Wildman–Crippen MR) is 106 cm³/mol. The van der Waals surface area contributed by atoms with Crippen LogP contribution in [0.2, 0.25) is 0 Å². The third-order valence-corrected chi connectivity index (χ3v) is 4.51. The fourth-order valence-corrected chi connectivity index (χ4v) is 3.07. The smallest absolute Gasteiger partial charge is 0.267 e. The molecule has 0 unspecified atom stereocenters. The molecule has 28 heavy (non-hydrogen) atoms. The van der Waals surface area contributed by atoms with Gasteiger partial charge in [0.05, 0.1) is 19.2 Å². The molecule has 144 valence electrons. The van der Waals surface area contributed by atoms with Gasteiger partial charge < -0.3 is 19.7 Å². The van der Waals surface area contributed by atoms with Gasteiger partial charge in [0, 0.05) is 18.0 Å². The van der Waals surface area contributed by atoms with E-state index in [9.17, 15) is 19.5 Å². The number of nitrogens with one attached hydrogen (secondary N) is 1. The van der Waals surface area contributed by atoms with Crippen molar-refractivity contribution in [2.24, 2.45) is 7.05 Å². The molecule has 2 N–H and O–H groups in total. The largest absolute Gasteiger partial charge is 0.506 e. The molecule has 0 atom stereocenters. The Morgan fingerprint density at radius 1 is 1.18 bits per heavy atom. The summed E-state index contributed by atoms with van der Waals surface area (Å²) in [6.45, 7) is 1.10. The summed E-state index contributed by atoms with van der Waals surface area (Å²) in [4.78, 5) is 36.1. The molecule has 0 aliphatic heterocycles. The predicted octanol–water partition coefficient (Wildman–Crippen LogP) is 2.24. The lowest BCUT2D eigenvalue weighted by molar-refractivity contribution is -0.116. The van der Waals surface area contributed by atoms with Gasteiger partial charge in [-0.05, 0) is 30.7 Å². The molecular formula is C21H20N2O5. The molecule has 1 heterocycles. The number of ether oxygens (including phenoxy) is 1. The molecule has 0 spiro atoms. The molecule has 3 aromatic rings. The van der Waals surface area contributed by atoms with Gasteiger partial charge in [0.2, 0.25) is 0 Å². The molecule has 1 amide bonds. The third kappa shape index (κ3) is 3.34. The van der Waals surface area contributed by atoms with E-state index in [1.807, 2.05) is 24.3 Å². The minimum atomic E-state index is -0.788. The Bertz CT molecular complexity index is 1150. The fraction of sp³-hybridized carbons (Fsp3) is 0.190. The zero-order valence-electron chi connectivity index (χ0n) is 15.8. The molecule has 0 fully saturated rings. The summed E-state index contributed by atoms with van der Waals surface area (Å²) in [7, 11) is 3.10. The van der Waals surface area contributed by atoms with E-state index in [0.717, 1.165) is 11.1 Å². The number of pyridine rings is 1. The number of benzene rings is 2. The van der Waals surface area contributed by atoms with Crippen molar-refractivity contribution in [1.29, 1.82) is 0 Å². The van der Waals surface area contributed by atoms with E-state index in [2.05, 4.69) is 5.32 Å². The average Bonchev–Trinajstić information content (AvgIpc) is 2.70. The van der Waals surface area contributed by atoms with Crippen LogP contribution in [0.3, 0.4) is 0 Å². The lowest BCUT2D eigenvalue weighted by atomic mass is 10.0. The van der Waals surface area contributed by atoms with Gasteiger partial charge in [-0.25, -0.2) is 0 Å². The Morgan fingerprint density at radius 3 is 2.57 bits per heavy atom. The maximum Gasteiger partial charge on any atom is 0.267 e. The Hall–Kier alpha value is -3.61. The summed E-state index contributed by atoms with van der Waals surface area (Å²) in [6, 6.07) is 12.6. The first kappa shape index (κ1) is 19.2. The number of fused-ring (bicyclic) bond motifs is 1. The normalized spacial score (nSPS) is 10.7. The molecule has 2 aromatic carbocycles. The minimum absolute atomic E-state index is 0.216. The van der Waals surface area contributed by atoms with Gasteiger partial charge in [-0.3, -0.25) is 14.4 Å². The van der Waals surface area contributed by atoms with Gasteiger partial charge in [0.1, 0.15) is 22.8 Å². The maximum atomic E-state index is 12.7. The van der Waals surface area contributed by atoms with Crippen LogP contribution in [-0.4, -0.2) is 35.0 Å². The van der Waals surface area contributed by atoms with Crippen molar-refractivity contribution >= 4 is 22.6 Å². The first-order valence-corrected chi connectivity index (χ1v) is 8.62. The van der Waals surface area contributed by atoms with Gasteiger partial charge in [-0.1, -0.05) is 24.3 Å². The summed E-state index contributed by atoms with van der Waals surface area (Å²) in [5.41, 5.74) is 1.06. The highest BCUT2D eigenvalue weighted by Gasteiger charge is 2.21. The number of amides is 1. The third-order valence-electron chi connectivity index (χ3n) is 4.51. The lowest BCUT2D eigenvalue weighted by Crippen LogP contribution is -2.34. The SMILES string of the molecule is COc1ccccc1-c1ccc2c(O)c(C(=O)NCC(C)=O)c(=O)n(C)c2c1. The van der Waals surface area contributed by atoms with Crippen molar-refractivity contribution in [3.63, 3.8) is 0 Å². The number of hydrogen-bond donors (Lipinski definition) is 2. The molecule has 3 rings (SSSR count). The van der Waals surface area contributed by atoms with Gasteiger partial charge in [-0.2, -0.15) is 0 Å². The van der Waals surface area contributed by atoms with Crippen LogP contribution in [0.1, 0.15) is 17.3 Å². The summed E-state index contributed by atoms with van der Waals surface area (Å²) < 4.78 is 6.69. The van der Waals surface area contributed by atoms with E-state index in [0.29, 0.717) is 16.7 Å². The average molecular weight is 380 g/mol. The first-order valence-electron chi connectivity index (χ1n) is 8.62. The zero-order valence-corrected chi connectivity index (χ0v) is 15.8. The molecule has 7 heteroatoms. The standard InChI is InChI=1S/C21H20N2O5/c1-12(24)11-22-20(26)18-19(25)15-9-8-13(10-16(15)23(2)21(18)27)14-6-4-5-7-17(14)28-3/h4-10,25H,11H2,1-3H3,(H,22,26). The number of hydrogen-bond acceptors (Lipinski definition) is 5. The second kappa shape index (κ2) is 7.56. The number of aromatic nitrogens is 1. The zero-order chi connectivity index (χ0) is 20.4. The summed E-state index contributed by atoms with van der Waals surface area (Å²) in [5, 5.41) is 13.3. The molecular weight excluding hydrogens is 360 g/mol. The maximum absolute atomic E-state index is 12.7. The monoisotopic (exact) mass is 380 g/mol.